The van der Waals surface area contributed by atoms with Crippen LogP contribution in [0.2, 0.25) is 5.02 Å². The maximum Gasteiger partial charge on any atom is 0.0717 e. The van der Waals surface area contributed by atoms with Gasteiger partial charge in [-0.25, -0.2) is 0 Å². The van der Waals surface area contributed by atoms with E-state index in [2.05, 4.69) is 5.32 Å². The summed E-state index contributed by atoms with van der Waals surface area (Å²) in [7, 11) is 0. The molecule has 1 aromatic carbocycles. The Morgan fingerprint density at radius 3 is 2.65 bits per heavy atom. The molecule has 2 nitrogen and oxygen atoms in total. The monoisotopic (exact) mass is 251 g/mol. The molecular formula is C14H18ClNO. The highest BCUT2D eigenvalue weighted by atomic mass is 35.5. The number of fused-ring (bicyclic) bond motifs is 2. The van der Waals surface area contributed by atoms with Crippen LogP contribution in [-0.2, 0) is 6.42 Å². The standard InChI is InChI=1S/C14H18ClNO/c15-11-3-1-2-10(6-11)7-14(17)8-12-4-5-13(9-14)16-12/h1-3,6,12-13,16-17H,4-5,7-9H2. The van der Waals surface area contributed by atoms with Gasteiger partial charge in [0.1, 0.15) is 0 Å². The summed E-state index contributed by atoms with van der Waals surface area (Å²) in [4.78, 5) is 0. The van der Waals surface area contributed by atoms with Gasteiger partial charge in [-0.05, 0) is 43.4 Å². The molecule has 2 atom stereocenters. The van der Waals surface area contributed by atoms with Gasteiger partial charge in [-0.1, -0.05) is 23.7 Å². The van der Waals surface area contributed by atoms with E-state index in [9.17, 15) is 5.11 Å². The molecule has 0 aromatic heterocycles. The van der Waals surface area contributed by atoms with Gasteiger partial charge in [0.05, 0.1) is 5.60 Å². The van der Waals surface area contributed by atoms with Crippen molar-refractivity contribution in [1.82, 2.24) is 5.32 Å². The van der Waals surface area contributed by atoms with E-state index >= 15 is 0 Å². The molecule has 3 rings (SSSR count). The number of hydrogen-bond acceptors (Lipinski definition) is 2. The zero-order chi connectivity index (χ0) is 11.9. The third-order valence-electron chi connectivity index (χ3n) is 4.01. The molecule has 3 heteroatoms. The topological polar surface area (TPSA) is 32.3 Å². The smallest absolute Gasteiger partial charge is 0.0717 e. The van der Waals surface area contributed by atoms with Crippen LogP contribution in [0.5, 0.6) is 0 Å². The summed E-state index contributed by atoms with van der Waals surface area (Å²) in [6, 6.07) is 8.87. The first-order valence-electron chi connectivity index (χ1n) is 6.36. The van der Waals surface area contributed by atoms with E-state index in [0.717, 1.165) is 29.8 Å². The summed E-state index contributed by atoms with van der Waals surface area (Å²) in [6.45, 7) is 0. The third-order valence-corrected chi connectivity index (χ3v) is 4.25. The molecule has 0 spiro atoms. The van der Waals surface area contributed by atoms with Crippen LogP contribution in [0.15, 0.2) is 24.3 Å². The van der Waals surface area contributed by atoms with Crippen molar-refractivity contribution in [2.45, 2.75) is 49.8 Å². The molecule has 0 aliphatic carbocycles. The fourth-order valence-electron chi connectivity index (χ4n) is 3.40. The zero-order valence-corrected chi connectivity index (χ0v) is 10.6. The van der Waals surface area contributed by atoms with Gasteiger partial charge < -0.3 is 10.4 Å². The molecule has 2 aliphatic rings. The van der Waals surface area contributed by atoms with E-state index < -0.39 is 5.60 Å². The first-order chi connectivity index (χ1) is 8.13. The third kappa shape index (κ3) is 2.49. The maximum atomic E-state index is 10.7. The predicted molar refractivity (Wildman–Crippen MR) is 69.3 cm³/mol. The van der Waals surface area contributed by atoms with Gasteiger partial charge in [-0.15, -0.1) is 0 Å². The van der Waals surface area contributed by atoms with Crippen LogP contribution in [0.1, 0.15) is 31.2 Å². The largest absolute Gasteiger partial charge is 0.389 e. The van der Waals surface area contributed by atoms with E-state index in [1.165, 1.54) is 12.8 Å². The van der Waals surface area contributed by atoms with Crippen LogP contribution in [0.4, 0.5) is 0 Å². The minimum Gasteiger partial charge on any atom is -0.389 e. The van der Waals surface area contributed by atoms with Crippen LogP contribution in [0, 0.1) is 0 Å². The summed E-state index contributed by atoms with van der Waals surface area (Å²) in [5, 5.41) is 15.0. The Labute approximate surface area is 107 Å². The average Bonchev–Trinajstić information content (AvgIpc) is 2.58. The van der Waals surface area contributed by atoms with Crippen LogP contribution in [0.25, 0.3) is 0 Å². The minimum atomic E-state index is -0.540. The molecule has 2 N–H and O–H groups in total. The molecule has 2 fully saturated rings. The van der Waals surface area contributed by atoms with Crippen molar-refractivity contribution in [3.63, 3.8) is 0 Å². The molecule has 2 heterocycles. The molecule has 2 bridgehead atoms. The van der Waals surface area contributed by atoms with Gasteiger partial charge in [0, 0.05) is 23.5 Å². The number of halogens is 1. The Kier molecular flexibility index (Phi) is 2.89. The molecule has 0 radical (unpaired) electrons. The van der Waals surface area contributed by atoms with Crippen molar-refractivity contribution in [2.75, 3.05) is 0 Å². The molecule has 17 heavy (non-hydrogen) atoms. The fourth-order valence-corrected chi connectivity index (χ4v) is 3.61. The average molecular weight is 252 g/mol. The number of aliphatic hydroxyl groups is 1. The SMILES string of the molecule is OC1(Cc2cccc(Cl)c2)CC2CCC(C1)N2. The lowest BCUT2D eigenvalue weighted by Gasteiger charge is -2.37. The first kappa shape index (κ1) is 11.5. The van der Waals surface area contributed by atoms with Gasteiger partial charge in [-0.3, -0.25) is 0 Å². The lowest BCUT2D eigenvalue weighted by Crippen LogP contribution is -2.49. The Balaban J connectivity index is 1.76. The van der Waals surface area contributed by atoms with Crippen molar-refractivity contribution in [1.29, 1.82) is 0 Å². The van der Waals surface area contributed by atoms with Gasteiger partial charge >= 0.3 is 0 Å². The number of piperidine rings is 1. The number of nitrogens with one attached hydrogen (secondary N) is 1. The molecular weight excluding hydrogens is 234 g/mol. The van der Waals surface area contributed by atoms with Crippen molar-refractivity contribution in [2.24, 2.45) is 0 Å². The lowest BCUT2D eigenvalue weighted by atomic mass is 9.82. The molecule has 2 saturated heterocycles. The van der Waals surface area contributed by atoms with E-state index in [0.29, 0.717) is 12.1 Å². The molecule has 2 aliphatic heterocycles. The number of hydrogen-bond donors (Lipinski definition) is 2. The zero-order valence-electron chi connectivity index (χ0n) is 9.82. The quantitative estimate of drug-likeness (QED) is 0.847. The molecule has 92 valence electrons. The Morgan fingerprint density at radius 2 is 2.00 bits per heavy atom. The van der Waals surface area contributed by atoms with Crippen LogP contribution in [-0.4, -0.2) is 22.8 Å². The second-order valence-electron chi connectivity index (χ2n) is 5.58. The van der Waals surface area contributed by atoms with E-state index in [4.69, 9.17) is 11.6 Å². The molecule has 2 unspecified atom stereocenters. The van der Waals surface area contributed by atoms with Crippen molar-refractivity contribution in [3.8, 4) is 0 Å². The Morgan fingerprint density at radius 1 is 1.29 bits per heavy atom. The summed E-state index contributed by atoms with van der Waals surface area (Å²) < 4.78 is 0. The van der Waals surface area contributed by atoms with Gasteiger partial charge in [0.25, 0.3) is 0 Å². The van der Waals surface area contributed by atoms with E-state index in [1.807, 2.05) is 24.3 Å². The Bertz CT molecular complexity index is 408. The first-order valence-corrected chi connectivity index (χ1v) is 6.74. The highest BCUT2D eigenvalue weighted by molar-refractivity contribution is 6.30. The second kappa shape index (κ2) is 4.27. The van der Waals surface area contributed by atoms with Gasteiger partial charge in [0.15, 0.2) is 0 Å². The summed E-state index contributed by atoms with van der Waals surface area (Å²) in [6.07, 6.45) is 4.89. The maximum absolute atomic E-state index is 10.7. The van der Waals surface area contributed by atoms with E-state index in [1.54, 1.807) is 0 Å². The second-order valence-corrected chi connectivity index (χ2v) is 6.01. The summed E-state index contributed by atoms with van der Waals surface area (Å²) >= 11 is 5.98. The predicted octanol–water partition coefficient (Wildman–Crippen LogP) is 2.53. The van der Waals surface area contributed by atoms with Crippen molar-refractivity contribution < 1.29 is 5.11 Å². The van der Waals surface area contributed by atoms with Crippen molar-refractivity contribution >= 4 is 11.6 Å². The van der Waals surface area contributed by atoms with Crippen LogP contribution < -0.4 is 5.32 Å². The Hall–Kier alpha value is -0.570. The highest BCUT2D eigenvalue weighted by Crippen LogP contribution is 2.36. The summed E-state index contributed by atoms with van der Waals surface area (Å²) in [5.41, 5.74) is 0.600. The van der Waals surface area contributed by atoms with Gasteiger partial charge in [0.2, 0.25) is 0 Å². The lowest BCUT2D eigenvalue weighted by molar-refractivity contribution is -0.00608. The molecule has 0 amide bonds. The normalized spacial score (nSPS) is 36.1. The minimum absolute atomic E-state index is 0.512. The fraction of sp³-hybridized carbons (Fsp3) is 0.571. The highest BCUT2D eigenvalue weighted by Gasteiger charge is 2.42. The van der Waals surface area contributed by atoms with Gasteiger partial charge in [-0.2, -0.15) is 0 Å². The number of rotatable bonds is 2. The van der Waals surface area contributed by atoms with E-state index in [-0.39, 0.29) is 0 Å². The molecule has 1 aromatic rings. The molecule has 0 saturated carbocycles. The van der Waals surface area contributed by atoms with Crippen LogP contribution in [0.3, 0.4) is 0 Å². The van der Waals surface area contributed by atoms with Crippen LogP contribution >= 0.6 is 11.6 Å². The summed E-state index contributed by atoms with van der Waals surface area (Å²) in [5.74, 6) is 0. The van der Waals surface area contributed by atoms with Crippen molar-refractivity contribution in [3.05, 3.63) is 34.9 Å². The number of benzene rings is 1.